The molecule has 0 bridgehead atoms. The zero-order valence-corrected chi connectivity index (χ0v) is 20.4. The molecule has 1 fully saturated rings. The van der Waals surface area contributed by atoms with Crippen LogP contribution in [-0.4, -0.2) is 51.2 Å². The number of aromatic nitrogens is 2. The van der Waals surface area contributed by atoms with Gasteiger partial charge in [-0.1, -0.05) is 48.5 Å². The molecule has 0 amide bonds. The first-order valence-corrected chi connectivity index (χ1v) is 11.9. The van der Waals surface area contributed by atoms with Gasteiger partial charge in [0, 0.05) is 38.9 Å². The van der Waals surface area contributed by atoms with Crippen molar-refractivity contribution in [1.29, 1.82) is 0 Å². The molecule has 2 aromatic carbocycles. The zero-order chi connectivity index (χ0) is 24.1. The van der Waals surface area contributed by atoms with Gasteiger partial charge in [0.25, 0.3) is 0 Å². The molecule has 0 aliphatic carbocycles. The van der Waals surface area contributed by atoms with E-state index in [9.17, 15) is 5.11 Å². The molecule has 4 rings (SSSR count). The Kier molecular flexibility index (Phi) is 7.51. The molecule has 1 aromatic heterocycles. The van der Waals surface area contributed by atoms with Crippen molar-refractivity contribution in [3.63, 3.8) is 0 Å². The Morgan fingerprint density at radius 2 is 2.06 bits per heavy atom. The topological polar surface area (TPSA) is 59.8 Å². The van der Waals surface area contributed by atoms with Gasteiger partial charge in [0.05, 0.1) is 17.3 Å². The maximum Gasteiger partial charge on any atom is 0.222 e. The van der Waals surface area contributed by atoms with Crippen molar-refractivity contribution < 1.29 is 14.6 Å². The summed E-state index contributed by atoms with van der Waals surface area (Å²) in [6.07, 6.45) is 3.85. The lowest BCUT2D eigenvalue weighted by molar-refractivity contribution is 0.0241. The Labute approximate surface area is 202 Å². The summed E-state index contributed by atoms with van der Waals surface area (Å²) in [5.41, 5.74) is 2.99. The van der Waals surface area contributed by atoms with Gasteiger partial charge in [-0.15, -0.1) is 6.58 Å². The lowest BCUT2D eigenvalue weighted by atomic mass is 10.0. The van der Waals surface area contributed by atoms with Crippen molar-refractivity contribution in [3.05, 3.63) is 78.4 Å². The lowest BCUT2D eigenvalue weighted by Gasteiger charge is -2.31. The quantitative estimate of drug-likeness (QED) is 0.426. The van der Waals surface area contributed by atoms with Gasteiger partial charge in [-0.05, 0) is 44.4 Å². The number of nitrogens with zero attached hydrogens (tertiary/aromatic N) is 3. The maximum absolute atomic E-state index is 10.8. The van der Waals surface area contributed by atoms with Gasteiger partial charge in [-0.2, -0.15) is 5.10 Å². The first-order valence-electron chi connectivity index (χ1n) is 11.9. The molecular formula is C28H35N3O3. The Hall–Kier alpha value is -2.93. The van der Waals surface area contributed by atoms with E-state index in [1.165, 1.54) is 0 Å². The van der Waals surface area contributed by atoms with Crippen molar-refractivity contribution >= 4 is 0 Å². The van der Waals surface area contributed by atoms with Gasteiger partial charge < -0.3 is 14.6 Å². The molecule has 0 spiro atoms. The van der Waals surface area contributed by atoms with E-state index in [1.54, 1.807) is 17.7 Å². The molecule has 6 nitrogen and oxygen atoms in total. The minimum Gasteiger partial charge on any atom is -0.439 e. The highest BCUT2D eigenvalue weighted by atomic mass is 16.5. The highest BCUT2D eigenvalue weighted by Gasteiger charge is 2.28. The summed E-state index contributed by atoms with van der Waals surface area (Å²) < 4.78 is 14.1. The molecule has 1 aliphatic heterocycles. The third kappa shape index (κ3) is 5.95. The Morgan fingerprint density at radius 3 is 2.74 bits per heavy atom. The normalized spacial score (nSPS) is 17.6. The molecule has 1 N–H and O–H groups in total. The predicted molar refractivity (Wildman–Crippen MR) is 135 cm³/mol. The average molecular weight is 462 g/mol. The summed E-state index contributed by atoms with van der Waals surface area (Å²) in [6.45, 7) is 10.2. The van der Waals surface area contributed by atoms with Crippen molar-refractivity contribution in [3.8, 4) is 22.9 Å². The minimum absolute atomic E-state index is 0.151. The molecule has 1 aliphatic rings. The van der Waals surface area contributed by atoms with Gasteiger partial charge >= 0.3 is 0 Å². The molecular weight excluding hydrogens is 426 g/mol. The lowest BCUT2D eigenvalue weighted by Crippen LogP contribution is -2.42. The van der Waals surface area contributed by atoms with Crippen LogP contribution in [0.4, 0.5) is 0 Å². The molecule has 3 aromatic rings. The first kappa shape index (κ1) is 24.2. The van der Waals surface area contributed by atoms with Crippen LogP contribution in [0.5, 0.6) is 11.6 Å². The highest BCUT2D eigenvalue weighted by molar-refractivity contribution is 5.65. The van der Waals surface area contributed by atoms with Crippen molar-refractivity contribution in [2.24, 2.45) is 7.05 Å². The molecule has 0 radical (unpaired) electrons. The SMILES string of the molecule is C=CC(C)(O)CN(Cc1c(-c2ccccc2)nn(C)c1Oc1cccc(C)c1)CC1CCCO1. The predicted octanol–water partition coefficient (Wildman–Crippen LogP) is 5.11. The fourth-order valence-electron chi connectivity index (χ4n) is 4.44. The third-order valence-corrected chi connectivity index (χ3v) is 6.19. The summed E-state index contributed by atoms with van der Waals surface area (Å²) in [4.78, 5) is 2.23. The van der Waals surface area contributed by atoms with Gasteiger partial charge in [0.1, 0.15) is 11.4 Å². The van der Waals surface area contributed by atoms with Gasteiger partial charge in [-0.3, -0.25) is 4.90 Å². The van der Waals surface area contributed by atoms with Crippen LogP contribution in [0.25, 0.3) is 11.3 Å². The third-order valence-electron chi connectivity index (χ3n) is 6.19. The van der Waals surface area contributed by atoms with Crippen LogP contribution in [0, 0.1) is 6.92 Å². The summed E-state index contributed by atoms with van der Waals surface area (Å²) >= 11 is 0. The fourth-order valence-corrected chi connectivity index (χ4v) is 4.44. The maximum atomic E-state index is 10.8. The summed E-state index contributed by atoms with van der Waals surface area (Å²) in [5, 5.41) is 15.7. The van der Waals surface area contributed by atoms with Crippen LogP contribution in [0.1, 0.15) is 30.9 Å². The largest absolute Gasteiger partial charge is 0.439 e. The molecule has 2 atom stereocenters. The number of benzene rings is 2. The van der Waals surface area contributed by atoms with E-state index in [4.69, 9.17) is 14.6 Å². The molecule has 2 heterocycles. The van der Waals surface area contributed by atoms with E-state index in [2.05, 4.69) is 23.6 Å². The Morgan fingerprint density at radius 1 is 1.26 bits per heavy atom. The Balaban J connectivity index is 1.73. The molecule has 6 heteroatoms. The molecule has 180 valence electrons. The van der Waals surface area contributed by atoms with Crippen LogP contribution in [-0.2, 0) is 18.3 Å². The standard InChI is InChI=1S/C28H35N3O3/c1-5-28(3,32)20-31(18-24-15-10-16-33-24)19-25-26(22-12-7-6-8-13-22)29-30(4)27(25)34-23-14-9-11-21(2)17-23/h5-9,11-14,17,24,32H,1,10,15-16,18-20H2,2-4H3. The van der Waals surface area contributed by atoms with E-state index >= 15 is 0 Å². The second-order valence-electron chi connectivity index (χ2n) is 9.41. The van der Waals surface area contributed by atoms with E-state index in [1.807, 2.05) is 56.4 Å². The number of ether oxygens (including phenoxy) is 2. The van der Waals surface area contributed by atoms with Crippen molar-refractivity contribution in [2.45, 2.75) is 44.9 Å². The average Bonchev–Trinajstić information content (AvgIpc) is 3.43. The smallest absolute Gasteiger partial charge is 0.222 e. The second-order valence-corrected chi connectivity index (χ2v) is 9.41. The monoisotopic (exact) mass is 461 g/mol. The molecule has 1 saturated heterocycles. The summed E-state index contributed by atoms with van der Waals surface area (Å²) in [6, 6.07) is 18.2. The van der Waals surface area contributed by atoms with Crippen molar-refractivity contribution in [1.82, 2.24) is 14.7 Å². The fraction of sp³-hybridized carbons (Fsp3) is 0.393. The van der Waals surface area contributed by atoms with Crippen LogP contribution in [0.15, 0.2) is 67.3 Å². The van der Waals surface area contributed by atoms with Gasteiger partial charge in [-0.25, -0.2) is 4.68 Å². The molecule has 0 saturated carbocycles. The van der Waals surface area contributed by atoms with E-state index in [-0.39, 0.29) is 6.10 Å². The number of hydrogen-bond acceptors (Lipinski definition) is 5. The first-order chi connectivity index (χ1) is 16.3. The van der Waals surface area contributed by atoms with Gasteiger partial charge in [0.2, 0.25) is 5.88 Å². The second kappa shape index (κ2) is 10.6. The summed E-state index contributed by atoms with van der Waals surface area (Å²) in [5.74, 6) is 1.47. The Bertz CT molecular complexity index is 1100. The number of aliphatic hydroxyl groups is 1. The van der Waals surface area contributed by atoms with Gasteiger partial charge in [0.15, 0.2) is 0 Å². The van der Waals surface area contributed by atoms with Crippen LogP contribution in [0.2, 0.25) is 0 Å². The molecule has 2 unspecified atom stereocenters. The van der Waals surface area contributed by atoms with Crippen LogP contribution >= 0.6 is 0 Å². The van der Waals surface area contributed by atoms with E-state index in [0.717, 1.165) is 54.1 Å². The van der Waals surface area contributed by atoms with Crippen molar-refractivity contribution in [2.75, 3.05) is 19.7 Å². The van der Waals surface area contributed by atoms with Crippen LogP contribution < -0.4 is 4.74 Å². The summed E-state index contributed by atoms with van der Waals surface area (Å²) in [7, 11) is 1.91. The number of aryl methyl sites for hydroxylation is 2. The minimum atomic E-state index is -1.02. The zero-order valence-electron chi connectivity index (χ0n) is 20.4. The van der Waals surface area contributed by atoms with E-state index in [0.29, 0.717) is 19.0 Å². The van der Waals surface area contributed by atoms with Crippen LogP contribution in [0.3, 0.4) is 0 Å². The van der Waals surface area contributed by atoms with E-state index < -0.39 is 5.60 Å². The molecule has 34 heavy (non-hydrogen) atoms. The number of hydrogen-bond donors (Lipinski definition) is 1. The number of rotatable bonds is 10. The highest BCUT2D eigenvalue weighted by Crippen LogP contribution is 2.35.